The van der Waals surface area contributed by atoms with Crippen molar-refractivity contribution in [3.8, 4) is 0 Å². The first-order chi connectivity index (χ1) is 8.88. The van der Waals surface area contributed by atoms with Crippen LogP contribution in [0.15, 0.2) is 52.7 Å². The van der Waals surface area contributed by atoms with Crippen molar-refractivity contribution in [2.75, 3.05) is 12.8 Å². The first-order valence-electron chi connectivity index (χ1n) is 6.26. The standard InChI is InChI=1S/C15H19NS2/c1-16-13(9-10-15-8-5-11-17-15)12-18-14-6-3-2-4-7-14/h2-8,11,13,16H,9-10,12H2,1H3. The van der Waals surface area contributed by atoms with Crippen LogP contribution in [0, 0.1) is 0 Å². The van der Waals surface area contributed by atoms with Crippen molar-refractivity contribution >= 4 is 23.1 Å². The highest BCUT2D eigenvalue weighted by atomic mass is 32.2. The van der Waals surface area contributed by atoms with Crippen molar-refractivity contribution in [3.63, 3.8) is 0 Å². The second-order valence-corrected chi connectivity index (χ2v) is 6.35. The van der Waals surface area contributed by atoms with E-state index in [-0.39, 0.29) is 0 Å². The van der Waals surface area contributed by atoms with Gasteiger partial charge in [0, 0.05) is 21.6 Å². The SMILES string of the molecule is CNC(CCc1cccs1)CSc1ccccc1. The minimum Gasteiger partial charge on any atom is -0.316 e. The van der Waals surface area contributed by atoms with Crippen molar-refractivity contribution < 1.29 is 0 Å². The Labute approximate surface area is 118 Å². The fourth-order valence-electron chi connectivity index (χ4n) is 1.80. The van der Waals surface area contributed by atoms with Gasteiger partial charge in [-0.3, -0.25) is 0 Å². The maximum absolute atomic E-state index is 3.42. The zero-order valence-corrected chi connectivity index (χ0v) is 12.3. The van der Waals surface area contributed by atoms with Gasteiger partial charge in [-0.15, -0.1) is 23.1 Å². The number of benzene rings is 1. The van der Waals surface area contributed by atoms with Crippen molar-refractivity contribution in [1.82, 2.24) is 5.32 Å². The molecule has 0 saturated heterocycles. The third-order valence-electron chi connectivity index (χ3n) is 2.92. The van der Waals surface area contributed by atoms with Crippen LogP contribution in [0.2, 0.25) is 0 Å². The minimum absolute atomic E-state index is 0.581. The number of thioether (sulfide) groups is 1. The molecule has 2 rings (SSSR count). The van der Waals surface area contributed by atoms with Gasteiger partial charge in [-0.2, -0.15) is 0 Å². The van der Waals surface area contributed by atoms with Crippen molar-refractivity contribution in [2.45, 2.75) is 23.8 Å². The zero-order valence-electron chi connectivity index (χ0n) is 10.6. The number of hydrogen-bond acceptors (Lipinski definition) is 3. The molecule has 2 aromatic rings. The summed E-state index contributed by atoms with van der Waals surface area (Å²) >= 11 is 3.79. The Morgan fingerprint density at radius 1 is 1.17 bits per heavy atom. The molecule has 1 atom stereocenters. The highest BCUT2D eigenvalue weighted by Crippen LogP contribution is 2.20. The van der Waals surface area contributed by atoms with Gasteiger partial charge in [0.1, 0.15) is 0 Å². The molecule has 0 amide bonds. The summed E-state index contributed by atoms with van der Waals surface area (Å²) in [6, 6.07) is 15.6. The first-order valence-corrected chi connectivity index (χ1v) is 8.12. The fourth-order valence-corrected chi connectivity index (χ4v) is 3.60. The summed E-state index contributed by atoms with van der Waals surface area (Å²) in [6.45, 7) is 0. The van der Waals surface area contributed by atoms with Gasteiger partial charge in [0.15, 0.2) is 0 Å². The summed E-state index contributed by atoms with van der Waals surface area (Å²) in [4.78, 5) is 2.84. The van der Waals surface area contributed by atoms with Gasteiger partial charge < -0.3 is 5.32 Å². The molecular formula is C15H19NS2. The van der Waals surface area contributed by atoms with E-state index in [0.29, 0.717) is 6.04 Å². The molecule has 1 aromatic heterocycles. The number of thiophene rings is 1. The number of rotatable bonds is 7. The van der Waals surface area contributed by atoms with Crippen LogP contribution in [0.3, 0.4) is 0 Å². The van der Waals surface area contributed by atoms with Crippen LogP contribution in [-0.2, 0) is 6.42 Å². The lowest BCUT2D eigenvalue weighted by molar-refractivity contribution is 0.575. The van der Waals surface area contributed by atoms with Crippen molar-refractivity contribution in [3.05, 3.63) is 52.7 Å². The molecule has 3 heteroatoms. The molecule has 1 unspecified atom stereocenters. The predicted octanol–water partition coefficient (Wildman–Crippen LogP) is 4.06. The van der Waals surface area contributed by atoms with Crippen molar-refractivity contribution in [1.29, 1.82) is 0 Å². The molecule has 0 saturated carbocycles. The lowest BCUT2D eigenvalue weighted by Crippen LogP contribution is -2.28. The second kappa shape index (κ2) is 7.62. The molecular weight excluding hydrogens is 258 g/mol. The lowest BCUT2D eigenvalue weighted by atomic mass is 10.1. The fraction of sp³-hybridized carbons (Fsp3) is 0.333. The van der Waals surface area contributed by atoms with E-state index in [1.165, 1.54) is 22.6 Å². The van der Waals surface area contributed by atoms with Crippen LogP contribution in [0.4, 0.5) is 0 Å². The van der Waals surface area contributed by atoms with E-state index in [2.05, 4.69) is 60.2 Å². The Bertz CT molecular complexity index is 425. The first kappa shape index (κ1) is 13.7. The quantitative estimate of drug-likeness (QED) is 0.766. The van der Waals surface area contributed by atoms with E-state index < -0.39 is 0 Å². The second-order valence-electron chi connectivity index (χ2n) is 4.23. The molecule has 1 aromatic carbocycles. The molecule has 1 heterocycles. The Hall–Kier alpha value is -0.770. The van der Waals surface area contributed by atoms with E-state index in [1.807, 2.05) is 23.1 Å². The van der Waals surface area contributed by atoms with Gasteiger partial charge in [-0.05, 0) is 43.5 Å². The van der Waals surface area contributed by atoms with Gasteiger partial charge in [-0.25, -0.2) is 0 Å². The molecule has 0 fully saturated rings. The molecule has 0 aliphatic carbocycles. The van der Waals surface area contributed by atoms with Crippen LogP contribution in [-0.4, -0.2) is 18.8 Å². The average molecular weight is 277 g/mol. The van der Waals surface area contributed by atoms with E-state index in [1.54, 1.807) is 0 Å². The molecule has 96 valence electrons. The van der Waals surface area contributed by atoms with Gasteiger partial charge in [-0.1, -0.05) is 24.3 Å². The van der Waals surface area contributed by atoms with Crippen LogP contribution in [0.1, 0.15) is 11.3 Å². The van der Waals surface area contributed by atoms with Gasteiger partial charge in [0.2, 0.25) is 0 Å². The van der Waals surface area contributed by atoms with Crippen LogP contribution in [0.25, 0.3) is 0 Å². The molecule has 1 N–H and O–H groups in total. The van der Waals surface area contributed by atoms with E-state index in [9.17, 15) is 0 Å². The molecule has 0 aliphatic heterocycles. The number of aryl methyl sites for hydroxylation is 1. The maximum Gasteiger partial charge on any atom is 0.0162 e. The summed E-state index contributed by atoms with van der Waals surface area (Å²) in [5.74, 6) is 1.13. The Balaban J connectivity index is 1.75. The van der Waals surface area contributed by atoms with E-state index >= 15 is 0 Å². The van der Waals surface area contributed by atoms with Gasteiger partial charge in [0.25, 0.3) is 0 Å². The monoisotopic (exact) mass is 277 g/mol. The number of hydrogen-bond donors (Lipinski definition) is 1. The highest BCUT2D eigenvalue weighted by Gasteiger charge is 2.07. The topological polar surface area (TPSA) is 12.0 Å². The Kier molecular flexibility index (Phi) is 5.78. The molecule has 0 bridgehead atoms. The lowest BCUT2D eigenvalue weighted by Gasteiger charge is -2.15. The van der Waals surface area contributed by atoms with E-state index in [4.69, 9.17) is 0 Å². The summed E-state index contributed by atoms with van der Waals surface area (Å²) in [5.41, 5.74) is 0. The average Bonchev–Trinajstić information content (AvgIpc) is 2.93. The summed E-state index contributed by atoms with van der Waals surface area (Å²) in [6.07, 6.45) is 2.38. The summed E-state index contributed by atoms with van der Waals surface area (Å²) < 4.78 is 0. The summed E-state index contributed by atoms with van der Waals surface area (Å²) in [7, 11) is 2.06. The van der Waals surface area contributed by atoms with Crippen LogP contribution >= 0.6 is 23.1 Å². The smallest absolute Gasteiger partial charge is 0.0162 e. The maximum atomic E-state index is 3.42. The molecule has 0 spiro atoms. The normalized spacial score (nSPS) is 12.5. The predicted molar refractivity (Wildman–Crippen MR) is 82.7 cm³/mol. The number of nitrogens with one attached hydrogen (secondary N) is 1. The third kappa shape index (κ3) is 4.48. The largest absolute Gasteiger partial charge is 0.316 e. The van der Waals surface area contributed by atoms with Gasteiger partial charge in [0.05, 0.1) is 0 Å². The Morgan fingerprint density at radius 2 is 2.00 bits per heavy atom. The molecule has 0 radical (unpaired) electrons. The highest BCUT2D eigenvalue weighted by molar-refractivity contribution is 7.99. The van der Waals surface area contributed by atoms with Crippen LogP contribution in [0.5, 0.6) is 0 Å². The third-order valence-corrected chi connectivity index (χ3v) is 5.03. The minimum atomic E-state index is 0.581. The molecule has 1 nitrogen and oxygen atoms in total. The summed E-state index contributed by atoms with van der Waals surface area (Å²) in [5, 5.41) is 5.57. The zero-order chi connectivity index (χ0) is 12.6. The molecule has 18 heavy (non-hydrogen) atoms. The van der Waals surface area contributed by atoms with Crippen LogP contribution < -0.4 is 5.32 Å². The Morgan fingerprint density at radius 3 is 2.67 bits per heavy atom. The van der Waals surface area contributed by atoms with Gasteiger partial charge >= 0.3 is 0 Å². The molecule has 0 aliphatic rings. The van der Waals surface area contributed by atoms with E-state index in [0.717, 1.165) is 5.75 Å². The van der Waals surface area contributed by atoms with Crippen molar-refractivity contribution in [2.24, 2.45) is 0 Å².